The molecule has 0 aliphatic rings. The molecule has 0 atom stereocenters. The number of benzene rings is 2. The van der Waals surface area contributed by atoms with Gasteiger partial charge in [0.05, 0.1) is 0 Å². The Kier molecular flexibility index (Phi) is 3.69. The first kappa shape index (κ1) is 13.4. The molecule has 21 heavy (non-hydrogen) atoms. The van der Waals surface area contributed by atoms with E-state index in [1.807, 2.05) is 49.4 Å². The lowest BCUT2D eigenvalue weighted by molar-refractivity contribution is 0.241. The molecule has 0 aliphatic heterocycles. The van der Waals surface area contributed by atoms with Crippen molar-refractivity contribution < 1.29 is 9.26 Å². The number of hydrogen-bond donors (Lipinski definition) is 0. The normalized spacial score (nSPS) is 10.6. The van der Waals surface area contributed by atoms with Crippen molar-refractivity contribution in [3.8, 4) is 17.1 Å². The highest BCUT2D eigenvalue weighted by atomic mass is 16.5. The van der Waals surface area contributed by atoms with Crippen LogP contribution in [0.3, 0.4) is 0 Å². The number of ether oxygens (including phenoxy) is 1. The van der Waals surface area contributed by atoms with Gasteiger partial charge < -0.3 is 9.26 Å². The zero-order chi connectivity index (χ0) is 14.7. The first-order valence-corrected chi connectivity index (χ1v) is 6.81. The van der Waals surface area contributed by atoms with Crippen LogP contribution >= 0.6 is 0 Å². The summed E-state index contributed by atoms with van der Waals surface area (Å²) < 4.78 is 11.0. The molecule has 0 radical (unpaired) electrons. The van der Waals surface area contributed by atoms with E-state index in [-0.39, 0.29) is 6.61 Å². The second-order valence-corrected chi connectivity index (χ2v) is 4.86. The zero-order valence-electron chi connectivity index (χ0n) is 12.0. The summed E-state index contributed by atoms with van der Waals surface area (Å²) in [4.78, 5) is 4.34. The van der Waals surface area contributed by atoms with Crippen LogP contribution in [0.15, 0.2) is 53.1 Å². The van der Waals surface area contributed by atoms with Crippen molar-refractivity contribution in [2.24, 2.45) is 0 Å². The Morgan fingerprint density at radius 3 is 2.62 bits per heavy atom. The van der Waals surface area contributed by atoms with Gasteiger partial charge in [-0.05, 0) is 31.0 Å². The summed E-state index contributed by atoms with van der Waals surface area (Å²) in [5.41, 5.74) is 3.25. The van der Waals surface area contributed by atoms with Crippen molar-refractivity contribution in [1.82, 2.24) is 10.1 Å². The Labute approximate surface area is 123 Å². The quantitative estimate of drug-likeness (QED) is 0.726. The number of rotatable bonds is 4. The molecule has 0 saturated heterocycles. The summed E-state index contributed by atoms with van der Waals surface area (Å²) in [7, 11) is 0. The summed E-state index contributed by atoms with van der Waals surface area (Å²) in [5.74, 6) is 1.89. The van der Waals surface area contributed by atoms with Crippen molar-refractivity contribution in [2.75, 3.05) is 0 Å². The summed E-state index contributed by atoms with van der Waals surface area (Å²) in [5, 5.41) is 3.97. The van der Waals surface area contributed by atoms with Crippen molar-refractivity contribution in [3.05, 3.63) is 65.5 Å². The lowest BCUT2D eigenvalue weighted by atomic mass is 10.1. The standard InChI is InChI=1S/C17H16N2O2/c1-12-7-6-10-15(13(12)2)20-11-16-18-17(19-21-16)14-8-4-3-5-9-14/h3-10H,11H2,1-2H3. The topological polar surface area (TPSA) is 48.2 Å². The summed E-state index contributed by atoms with van der Waals surface area (Å²) >= 11 is 0. The second-order valence-electron chi connectivity index (χ2n) is 4.86. The maximum atomic E-state index is 5.76. The van der Waals surface area contributed by atoms with E-state index in [9.17, 15) is 0 Å². The van der Waals surface area contributed by atoms with Gasteiger partial charge in [-0.3, -0.25) is 0 Å². The molecule has 0 spiro atoms. The molecular weight excluding hydrogens is 264 g/mol. The van der Waals surface area contributed by atoms with Gasteiger partial charge in [-0.1, -0.05) is 47.6 Å². The van der Waals surface area contributed by atoms with Crippen LogP contribution in [0.25, 0.3) is 11.4 Å². The highest BCUT2D eigenvalue weighted by Crippen LogP contribution is 2.22. The maximum Gasteiger partial charge on any atom is 0.264 e. The van der Waals surface area contributed by atoms with Crippen LogP contribution in [0.1, 0.15) is 17.0 Å². The molecule has 0 amide bonds. The average molecular weight is 280 g/mol. The van der Waals surface area contributed by atoms with Gasteiger partial charge in [-0.25, -0.2) is 0 Å². The molecule has 0 saturated carbocycles. The van der Waals surface area contributed by atoms with E-state index in [2.05, 4.69) is 23.1 Å². The highest BCUT2D eigenvalue weighted by Gasteiger charge is 2.09. The predicted octanol–water partition coefficient (Wildman–Crippen LogP) is 3.93. The lowest BCUT2D eigenvalue weighted by Crippen LogP contribution is -1.98. The van der Waals surface area contributed by atoms with E-state index in [1.165, 1.54) is 5.56 Å². The van der Waals surface area contributed by atoms with E-state index < -0.39 is 0 Å². The van der Waals surface area contributed by atoms with E-state index in [4.69, 9.17) is 9.26 Å². The molecule has 0 N–H and O–H groups in total. The van der Waals surface area contributed by atoms with Gasteiger partial charge in [0, 0.05) is 5.56 Å². The third-order valence-electron chi connectivity index (χ3n) is 3.41. The largest absolute Gasteiger partial charge is 0.483 e. The van der Waals surface area contributed by atoms with E-state index in [0.717, 1.165) is 16.9 Å². The molecule has 0 fully saturated rings. The monoisotopic (exact) mass is 280 g/mol. The Bertz CT molecular complexity index is 736. The minimum atomic E-state index is 0.268. The minimum Gasteiger partial charge on any atom is -0.483 e. The fraction of sp³-hybridized carbons (Fsp3) is 0.176. The Balaban J connectivity index is 1.72. The van der Waals surface area contributed by atoms with Crippen LogP contribution < -0.4 is 4.74 Å². The second kappa shape index (κ2) is 5.79. The van der Waals surface area contributed by atoms with Crippen LogP contribution in [-0.2, 0) is 6.61 Å². The minimum absolute atomic E-state index is 0.268. The molecule has 4 nitrogen and oxygen atoms in total. The maximum absolute atomic E-state index is 5.76. The van der Waals surface area contributed by atoms with Gasteiger partial charge in [0.1, 0.15) is 5.75 Å². The Hall–Kier alpha value is -2.62. The van der Waals surface area contributed by atoms with E-state index >= 15 is 0 Å². The summed E-state index contributed by atoms with van der Waals surface area (Å²) in [6, 6.07) is 15.7. The van der Waals surface area contributed by atoms with Gasteiger partial charge in [0.25, 0.3) is 5.89 Å². The molecule has 106 valence electrons. The number of aryl methyl sites for hydroxylation is 1. The van der Waals surface area contributed by atoms with Gasteiger partial charge >= 0.3 is 0 Å². The van der Waals surface area contributed by atoms with Crippen molar-refractivity contribution in [2.45, 2.75) is 20.5 Å². The van der Waals surface area contributed by atoms with Crippen LogP contribution in [0.2, 0.25) is 0 Å². The van der Waals surface area contributed by atoms with Crippen molar-refractivity contribution in [3.63, 3.8) is 0 Å². The summed E-state index contributed by atoms with van der Waals surface area (Å²) in [6.45, 7) is 4.36. The molecular formula is C17H16N2O2. The fourth-order valence-corrected chi connectivity index (χ4v) is 2.04. The first-order chi connectivity index (χ1) is 10.2. The average Bonchev–Trinajstić information content (AvgIpc) is 2.99. The smallest absolute Gasteiger partial charge is 0.264 e. The molecule has 0 bridgehead atoms. The number of nitrogens with zero attached hydrogens (tertiary/aromatic N) is 2. The fourth-order valence-electron chi connectivity index (χ4n) is 2.04. The van der Waals surface area contributed by atoms with Gasteiger partial charge in [-0.2, -0.15) is 4.98 Å². The molecule has 0 aliphatic carbocycles. The highest BCUT2D eigenvalue weighted by molar-refractivity contribution is 5.53. The third-order valence-corrected chi connectivity index (χ3v) is 3.41. The van der Waals surface area contributed by atoms with E-state index in [1.54, 1.807) is 0 Å². The molecule has 2 aromatic carbocycles. The van der Waals surface area contributed by atoms with Crippen molar-refractivity contribution >= 4 is 0 Å². The molecule has 0 unspecified atom stereocenters. The summed E-state index contributed by atoms with van der Waals surface area (Å²) in [6.07, 6.45) is 0. The lowest BCUT2D eigenvalue weighted by Gasteiger charge is -2.08. The van der Waals surface area contributed by atoms with Crippen LogP contribution in [0.5, 0.6) is 5.75 Å². The molecule has 4 heteroatoms. The molecule has 1 heterocycles. The van der Waals surface area contributed by atoms with Gasteiger partial charge in [0.15, 0.2) is 6.61 Å². The van der Waals surface area contributed by atoms with Crippen LogP contribution in [0.4, 0.5) is 0 Å². The van der Waals surface area contributed by atoms with Gasteiger partial charge in [0.2, 0.25) is 5.82 Å². The number of aromatic nitrogens is 2. The Morgan fingerprint density at radius 1 is 1.00 bits per heavy atom. The third kappa shape index (κ3) is 2.94. The SMILES string of the molecule is Cc1cccc(OCc2nc(-c3ccccc3)no2)c1C. The van der Waals surface area contributed by atoms with Crippen LogP contribution in [0, 0.1) is 13.8 Å². The zero-order valence-corrected chi connectivity index (χ0v) is 12.0. The molecule has 3 rings (SSSR count). The first-order valence-electron chi connectivity index (χ1n) is 6.81. The van der Waals surface area contributed by atoms with Crippen molar-refractivity contribution in [1.29, 1.82) is 0 Å². The molecule has 1 aromatic heterocycles. The van der Waals surface area contributed by atoms with Gasteiger partial charge in [-0.15, -0.1) is 0 Å². The molecule has 3 aromatic rings. The Morgan fingerprint density at radius 2 is 1.81 bits per heavy atom. The predicted molar refractivity (Wildman–Crippen MR) is 80.0 cm³/mol. The van der Waals surface area contributed by atoms with E-state index in [0.29, 0.717) is 11.7 Å². The number of hydrogen-bond acceptors (Lipinski definition) is 4. The van der Waals surface area contributed by atoms with Crippen LogP contribution in [-0.4, -0.2) is 10.1 Å².